The average Bonchev–Trinajstić information content (AvgIpc) is 2.17. The minimum Gasteiger partial charge on any atom is -0.379 e. The summed E-state index contributed by atoms with van der Waals surface area (Å²) in [7, 11) is 0. The predicted octanol–water partition coefficient (Wildman–Crippen LogP) is 1.99. The Morgan fingerprint density at radius 3 is 2.19 bits per heavy atom. The van der Waals surface area contributed by atoms with Gasteiger partial charge in [-0.3, -0.25) is 4.99 Å². The summed E-state index contributed by atoms with van der Waals surface area (Å²) in [6.45, 7) is 11.6. The van der Waals surface area contributed by atoms with Gasteiger partial charge >= 0.3 is 0 Å². The lowest BCUT2D eigenvalue weighted by Gasteiger charge is -2.09. The zero-order chi connectivity index (χ0) is 11.5. The molecule has 0 aliphatic carbocycles. The molecule has 0 aliphatic rings. The van der Waals surface area contributed by atoms with Crippen molar-refractivity contribution in [3.05, 3.63) is 0 Å². The van der Waals surface area contributed by atoms with Crippen LogP contribution in [0.1, 0.15) is 34.1 Å². The molecule has 5 heteroatoms. The molecule has 0 saturated carbocycles. The maximum absolute atomic E-state index is 5.43. The standard InChI is InChI=1S/C11H25N3O.HI/c1-5-12-11(13-6-2)14-8-7-9-15-10(3)4;/h10H,5-9H2,1-4H3,(H2,12,13,14);1H. The minimum atomic E-state index is 0. The van der Waals surface area contributed by atoms with Gasteiger partial charge in [-0.25, -0.2) is 0 Å². The Labute approximate surface area is 117 Å². The van der Waals surface area contributed by atoms with Crippen LogP contribution in [-0.4, -0.2) is 38.3 Å². The molecule has 0 spiro atoms. The summed E-state index contributed by atoms with van der Waals surface area (Å²) in [6.07, 6.45) is 1.29. The number of rotatable bonds is 7. The van der Waals surface area contributed by atoms with Crippen LogP contribution in [0.25, 0.3) is 0 Å². The maximum Gasteiger partial charge on any atom is 0.191 e. The van der Waals surface area contributed by atoms with E-state index in [4.69, 9.17) is 4.74 Å². The Balaban J connectivity index is 0. The van der Waals surface area contributed by atoms with Crippen LogP contribution in [-0.2, 0) is 4.74 Å². The third kappa shape index (κ3) is 12.0. The van der Waals surface area contributed by atoms with E-state index in [1.165, 1.54) is 0 Å². The van der Waals surface area contributed by atoms with Gasteiger partial charge in [0.1, 0.15) is 0 Å². The Bertz CT molecular complexity index is 167. The third-order valence-corrected chi connectivity index (χ3v) is 1.71. The molecule has 0 aromatic rings. The van der Waals surface area contributed by atoms with Crippen molar-refractivity contribution in [3.8, 4) is 0 Å². The quantitative estimate of drug-likeness (QED) is 0.322. The highest BCUT2D eigenvalue weighted by atomic mass is 127. The summed E-state index contributed by atoms with van der Waals surface area (Å²) >= 11 is 0. The van der Waals surface area contributed by atoms with Crippen LogP contribution in [0.3, 0.4) is 0 Å². The van der Waals surface area contributed by atoms with Crippen molar-refractivity contribution >= 4 is 29.9 Å². The number of ether oxygens (including phenoxy) is 1. The zero-order valence-electron chi connectivity index (χ0n) is 10.9. The molecule has 0 aromatic carbocycles. The van der Waals surface area contributed by atoms with Crippen molar-refractivity contribution in [2.24, 2.45) is 4.99 Å². The maximum atomic E-state index is 5.43. The van der Waals surface area contributed by atoms with Crippen molar-refractivity contribution in [1.82, 2.24) is 10.6 Å². The number of hydrogen-bond donors (Lipinski definition) is 2. The van der Waals surface area contributed by atoms with Gasteiger partial charge in [-0.05, 0) is 34.1 Å². The molecule has 0 amide bonds. The molecule has 0 saturated heterocycles. The van der Waals surface area contributed by atoms with E-state index < -0.39 is 0 Å². The summed E-state index contributed by atoms with van der Waals surface area (Å²) in [5, 5.41) is 6.36. The first-order valence-electron chi connectivity index (χ1n) is 5.84. The van der Waals surface area contributed by atoms with Crippen molar-refractivity contribution in [3.63, 3.8) is 0 Å². The summed E-state index contributed by atoms with van der Waals surface area (Å²) in [4.78, 5) is 4.41. The van der Waals surface area contributed by atoms with Gasteiger partial charge in [0.15, 0.2) is 5.96 Å². The first kappa shape index (κ1) is 18.3. The van der Waals surface area contributed by atoms with Crippen molar-refractivity contribution in [2.45, 2.75) is 40.2 Å². The molecule has 0 unspecified atom stereocenters. The minimum absolute atomic E-state index is 0. The highest BCUT2D eigenvalue weighted by Crippen LogP contribution is 1.90. The zero-order valence-corrected chi connectivity index (χ0v) is 13.2. The fourth-order valence-electron chi connectivity index (χ4n) is 1.08. The number of nitrogens with zero attached hydrogens (tertiary/aromatic N) is 1. The van der Waals surface area contributed by atoms with Crippen molar-refractivity contribution < 1.29 is 4.74 Å². The number of nitrogens with one attached hydrogen (secondary N) is 2. The molecule has 0 bridgehead atoms. The van der Waals surface area contributed by atoms with E-state index in [1.54, 1.807) is 0 Å². The van der Waals surface area contributed by atoms with Gasteiger partial charge in [-0.2, -0.15) is 0 Å². The van der Waals surface area contributed by atoms with E-state index in [0.29, 0.717) is 6.10 Å². The molecular weight excluding hydrogens is 317 g/mol. The topological polar surface area (TPSA) is 45.7 Å². The van der Waals surface area contributed by atoms with Crippen molar-refractivity contribution in [2.75, 3.05) is 26.2 Å². The van der Waals surface area contributed by atoms with Crippen LogP contribution in [0.2, 0.25) is 0 Å². The van der Waals surface area contributed by atoms with Gasteiger partial charge in [0.05, 0.1) is 6.10 Å². The third-order valence-electron chi connectivity index (χ3n) is 1.71. The van der Waals surface area contributed by atoms with Gasteiger partial charge in [0, 0.05) is 26.2 Å². The highest BCUT2D eigenvalue weighted by Gasteiger charge is 1.95. The Morgan fingerprint density at radius 1 is 1.19 bits per heavy atom. The smallest absolute Gasteiger partial charge is 0.191 e. The summed E-state index contributed by atoms with van der Waals surface area (Å²) < 4.78 is 5.43. The summed E-state index contributed by atoms with van der Waals surface area (Å²) in [5.41, 5.74) is 0. The molecule has 0 fully saturated rings. The SMILES string of the molecule is CCNC(=NCCCOC(C)C)NCC.I. The summed E-state index contributed by atoms with van der Waals surface area (Å²) in [5.74, 6) is 0.893. The lowest BCUT2D eigenvalue weighted by atomic mass is 10.4. The Morgan fingerprint density at radius 2 is 1.75 bits per heavy atom. The molecule has 2 N–H and O–H groups in total. The second-order valence-electron chi connectivity index (χ2n) is 3.56. The highest BCUT2D eigenvalue weighted by molar-refractivity contribution is 14.0. The molecule has 16 heavy (non-hydrogen) atoms. The number of aliphatic imine (C=N–C) groups is 1. The molecule has 0 aliphatic heterocycles. The first-order chi connectivity index (χ1) is 7.20. The van der Waals surface area contributed by atoms with Crippen LogP contribution < -0.4 is 10.6 Å². The molecule has 0 rings (SSSR count). The number of guanidine groups is 1. The average molecular weight is 343 g/mol. The largest absolute Gasteiger partial charge is 0.379 e. The first-order valence-corrected chi connectivity index (χ1v) is 5.84. The van der Waals surface area contributed by atoms with Crippen LogP contribution in [0.15, 0.2) is 4.99 Å². The predicted molar refractivity (Wildman–Crippen MR) is 80.8 cm³/mol. The van der Waals surface area contributed by atoms with Crippen LogP contribution >= 0.6 is 24.0 Å². The number of hydrogen-bond acceptors (Lipinski definition) is 2. The normalized spacial score (nSPS) is 9.56. The molecule has 4 nitrogen and oxygen atoms in total. The monoisotopic (exact) mass is 343 g/mol. The molecule has 0 atom stereocenters. The number of halogens is 1. The van der Waals surface area contributed by atoms with E-state index in [9.17, 15) is 0 Å². The van der Waals surface area contributed by atoms with E-state index in [0.717, 1.165) is 38.6 Å². The van der Waals surface area contributed by atoms with Crippen molar-refractivity contribution in [1.29, 1.82) is 0 Å². The molecule has 98 valence electrons. The van der Waals surface area contributed by atoms with Gasteiger partial charge < -0.3 is 15.4 Å². The van der Waals surface area contributed by atoms with Crippen LogP contribution in [0.5, 0.6) is 0 Å². The lowest BCUT2D eigenvalue weighted by molar-refractivity contribution is 0.0782. The molecular formula is C11H26IN3O. The second-order valence-corrected chi connectivity index (χ2v) is 3.56. The van der Waals surface area contributed by atoms with E-state index in [1.807, 2.05) is 13.8 Å². The fraction of sp³-hybridized carbons (Fsp3) is 0.909. The Kier molecular flexibility index (Phi) is 14.9. The van der Waals surface area contributed by atoms with Gasteiger partial charge in [-0.15, -0.1) is 24.0 Å². The van der Waals surface area contributed by atoms with Crippen LogP contribution in [0, 0.1) is 0 Å². The fourth-order valence-corrected chi connectivity index (χ4v) is 1.08. The second kappa shape index (κ2) is 13.0. The van der Waals surface area contributed by atoms with Gasteiger partial charge in [-0.1, -0.05) is 0 Å². The van der Waals surface area contributed by atoms with E-state index >= 15 is 0 Å². The van der Waals surface area contributed by atoms with E-state index in [-0.39, 0.29) is 24.0 Å². The van der Waals surface area contributed by atoms with E-state index in [2.05, 4.69) is 29.5 Å². The molecule has 0 aromatic heterocycles. The van der Waals surface area contributed by atoms with Gasteiger partial charge in [0.2, 0.25) is 0 Å². The van der Waals surface area contributed by atoms with Crippen LogP contribution in [0.4, 0.5) is 0 Å². The molecule has 0 heterocycles. The summed E-state index contributed by atoms with van der Waals surface area (Å²) in [6, 6.07) is 0. The lowest BCUT2D eigenvalue weighted by Crippen LogP contribution is -2.37. The Hall–Kier alpha value is -0.0400. The molecule has 0 radical (unpaired) electrons. The van der Waals surface area contributed by atoms with Gasteiger partial charge in [0.25, 0.3) is 0 Å².